The van der Waals surface area contributed by atoms with Gasteiger partial charge in [-0.05, 0) is 23.8 Å². The maximum atomic E-state index is 12.2. The van der Waals surface area contributed by atoms with Crippen molar-refractivity contribution in [2.75, 3.05) is 13.7 Å². The van der Waals surface area contributed by atoms with Crippen molar-refractivity contribution in [2.24, 2.45) is 0 Å². The molecule has 1 aromatic heterocycles. The lowest BCUT2D eigenvalue weighted by Gasteiger charge is -2.12. The quantitative estimate of drug-likeness (QED) is 0.858. The number of methoxy groups -OCH3 is 1. The second-order valence-corrected chi connectivity index (χ2v) is 6.20. The molecule has 0 aliphatic heterocycles. The van der Waals surface area contributed by atoms with Crippen LogP contribution in [-0.4, -0.2) is 24.7 Å². The van der Waals surface area contributed by atoms with Gasteiger partial charge in [0, 0.05) is 24.1 Å². The smallest absolute Gasteiger partial charge is 0.251 e. The predicted octanol–water partition coefficient (Wildman–Crippen LogP) is 3.01. The van der Waals surface area contributed by atoms with E-state index in [1.807, 2.05) is 12.1 Å². The molecule has 1 amide bonds. The molecule has 2 N–H and O–H groups in total. The van der Waals surface area contributed by atoms with Crippen LogP contribution in [0.5, 0.6) is 0 Å². The van der Waals surface area contributed by atoms with Gasteiger partial charge in [-0.2, -0.15) is 0 Å². The molecule has 1 unspecified atom stereocenters. The molecule has 0 radical (unpaired) electrons. The van der Waals surface area contributed by atoms with Gasteiger partial charge in [0.05, 0.1) is 10.9 Å². The maximum Gasteiger partial charge on any atom is 0.251 e. The Kier molecular flexibility index (Phi) is 5.76. The van der Waals surface area contributed by atoms with Gasteiger partial charge in [-0.1, -0.05) is 29.8 Å². The summed E-state index contributed by atoms with van der Waals surface area (Å²) in [6, 6.07) is 10.7. The number of halogens is 1. The number of hydrogen-bond acceptors (Lipinski definition) is 4. The van der Waals surface area contributed by atoms with Crippen LogP contribution in [0.4, 0.5) is 0 Å². The van der Waals surface area contributed by atoms with Gasteiger partial charge in [0.2, 0.25) is 0 Å². The zero-order chi connectivity index (χ0) is 15.2. The average molecular weight is 326 g/mol. The van der Waals surface area contributed by atoms with E-state index < -0.39 is 6.10 Å². The highest BCUT2D eigenvalue weighted by Crippen LogP contribution is 2.26. The summed E-state index contributed by atoms with van der Waals surface area (Å²) >= 11 is 7.12. The third kappa shape index (κ3) is 4.28. The monoisotopic (exact) mass is 325 g/mol. The van der Waals surface area contributed by atoms with Crippen molar-refractivity contribution in [3.8, 4) is 0 Å². The first kappa shape index (κ1) is 16.0. The lowest BCUT2D eigenvalue weighted by Crippen LogP contribution is -2.29. The molecule has 0 aliphatic carbocycles. The van der Waals surface area contributed by atoms with Gasteiger partial charge in [-0.25, -0.2) is 0 Å². The van der Waals surface area contributed by atoms with Crippen LogP contribution in [0.1, 0.15) is 26.9 Å². The number of aliphatic hydroxyl groups excluding tert-OH is 1. The van der Waals surface area contributed by atoms with Crippen LogP contribution in [0.25, 0.3) is 0 Å². The summed E-state index contributed by atoms with van der Waals surface area (Å²) < 4.78 is 5.69. The highest BCUT2D eigenvalue weighted by Gasteiger charge is 2.14. The number of ether oxygens (including phenoxy) is 1. The maximum absolute atomic E-state index is 12.2. The number of benzene rings is 1. The van der Waals surface area contributed by atoms with Gasteiger partial charge in [0.15, 0.2) is 0 Å². The van der Waals surface area contributed by atoms with Gasteiger partial charge >= 0.3 is 0 Å². The number of aliphatic hydroxyl groups is 1. The van der Waals surface area contributed by atoms with Crippen LogP contribution in [0.15, 0.2) is 36.4 Å². The highest BCUT2D eigenvalue weighted by molar-refractivity contribution is 7.16. The van der Waals surface area contributed by atoms with Gasteiger partial charge in [0.25, 0.3) is 5.91 Å². The van der Waals surface area contributed by atoms with Crippen molar-refractivity contribution in [3.63, 3.8) is 0 Å². The van der Waals surface area contributed by atoms with E-state index in [9.17, 15) is 9.90 Å². The molecule has 0 saturated carbocycles. The second kappa shape index (κ2) is 7.56. The predicted molar refractivity (Wildman–Crippen MR) is 83.8 cm³/mol. The average Bonchev–Trinajstić information content (AvgIpc) is 2.92. The molecule has 112 valence electrons. The van der Waals surface area contributed by atoms with Gasteiger partial charge in [-0.15, -0.1) is 11.3 Å². The largest absolute Gasteiger partial charge is 0.386 e. The van der Waals surface area contributed by atoms with Crippen LogP contribution >= 0.6 is 22.9 Å². The molecule has 0 bridgehead atoms. The minimum atomic E-state index is -0.763. The number of hydrogen-bond donors (Lipinski definition) is 2. The molecule has 21 heavy (non-hydrogen) atoms. The van der Waals surface area contributed by atoms with E-state index in [1.165, 1.54) is 11.3 Å². The summed E-state index contributed by atoms with van der Waals surface area (Å²) in [5.41, 5.74) is 1.36. The lowest BCUT2D eigenvalue weighted by atomic mass is 10.1. The summed E-state index contributed by atoms with van der Waals surface area (Å²) in [6.07, 6.45) is -0.763. The third-order valence-corrected chi connectivity index (χ3v) is 4.27. The van der Waals surface area contributed by atoms with E-state index in [0.29, 0.717) is 16.5 Å². The first-order chi connectivity index (χ1) is 10.1. The fourth-order valence-corrected chi connectivity index (χ4v) is 2.96. The molecule has 1 aromatic carbocycles. The molecule has 2 aromatic rings. The van der Waals surface area contributed by atoms with E-state index in [4.69, 9.17) is 16.3 Å². The van der Waals surface area contributed by atoms with Gasteiger partial charge < -0.3 is 15.2 Å². The Morgan fingerprint density at radius 3 is 2.81 bits per heavy atom. The molecule has 1 heterocycles. The molecular formula is C15H16ClNO3S. The normalized spacial score (nSPS) is 12.1. The number of nitrogens with one attached hydrogen (secondary N) is 1. The minimum Gasteiger partial charge on any atom is -0.386 e. The van der Waals surface area contributed by atoms with Crippen molar-refractivity contribution in [1.82, 2.24) is 5.32 Å². The van der Waals surface area contributed by atoms with Crippen molar-refractivity contribution in [1.29, 1.82) is 0 Å². The molecule has 4 nitrogen and oxygen atoms in total. The van der Waals surface area contributed by atoms with Crippen LogP contribution in [0.2, 0.25) is 4.34 Å². The van der Waals surface area contributed by atoms with Gasteiger partial charge in [0.1, 0.15) is 6.10 Å². The number of carbonyl (C=O) groups excluding carboxylic acids is 1. The van der Waals surface area contributed by atoms with E-state index in [-0.39, 0.29) is 12.5 Å². The molecule has 0 fully saturated rings. The minimum absolute atomic E-state index is 0.136. The number of rotatable bonds is 6. The number of thiophene rings is 1. The Labute approximate surface area is 132 Å². The molecular weight excluding hydrogens is 310 g/mol. The molecule has 0 spiro atoms. The highest BCUT2D eigenvalue weighted by atomic mass is 35.5. The van der Waals surface area contributed by atoms with Crippen molar-refractivity contribution >= 4 is 28.8 Å². The van der Waals surface area contributed by atoms with E-state index in [2.05, 4.69) is 5.32 Å². The lowest BCUT2D eigenvalue weighted by molar-refractivity contribution is 0.0913. The van der Waals surface area contributed by atoms with E-state index >= 15 is 0 Å². The molecule has 1 atom stereocenters. The summed E-state index contributed by atoms with van der Waals surface area (Å²) in [7, 11) is 1.58. The Bertz CT molecular complexity index is 614. The SMILES string of the molecule is COCc1ccccc1C(=O)NCC(O)c1ccc(Cl)s1. The molecule has 2 rings (SSSR count). The summed E-state index contributed by atoms with van der Waals surface area (Å²) in [5, 5.41) is 12.7. The van der Waals surface area contributed by atoms with Crippen LogP contribution in [0, 0.1) is 0 Å². The van der Waals surface area contributed by atoms with Crippen molar-refractivity contribution < 1.29 is 14.6 Å². The zero-order valence-corrected chi connectivity index (χ0v) is 13.1. The Morgan fingerprint density at radius 2 is 2.14 bits per heavy atom. The van der Waals surface area contributed by atoms with Crippen molar-refractivity contribution in [3.05, 3.63) is 56.7 Å². The van der Waals surface area contributed by atoms with Crippen LogP contribution in [0.3, 0.4) is 0 Å². The Morgan fingerprint density at radius 1 is 1.38 bits per heavy atom. The summed E-state index contributed by atoms with van der Waals surface area (Å²) in [5.74, 6) is -0.232. The fraction of sp³-hybridized carbons (Fsp3) is 0.267. The zero-order valence-electron chi connectivity index (χ0n) is 11.5. The van der Waals surface area contributed by atoms with E-state index in [1.54, 1.807) is 31.4 Å². The summed E-state index contributed by atoms with van der Waals surface area (Å²) in [4.78, 5) is 12.9. The molecule has 0 saturated heterocycles. The second-order valence-electron chi connectivity index (χ2n) is 4.46. The van der Waals surface area contributed by atoms with Crippen LogP contribution < -0.4 is 5.32 Å². The first-order valence-electron chi connectivity index (χ1n) is 6.40. The topological polar surface area (TPSA) is 58.6 Å². The first-order valence-corrected chi connectivity index (χ1v) is 7.59. The molecule has 0 aliphatic rings. The van der Waals surface area contributed by atoms with Gasteiger partial charge in [-0.3, -0.25) is 4.79 Å². The standard InChI is InChI=1S/C15H16ClNO3S/c1-20-9-10-4-2-3-5-11(10)15(19)17-8-12(18)13-6-7-14(16)21-13/h2-7,12,18H,8-9H2,1H3,(H,17,19). The molecule has 6 heteroatoms. The Balaban J connectivity index is 1.98. The summed E-state index contributed by atoms with van der Waals surface area (Å²) in [6.45, 7) is 0.504. The number of amides is 1. The Hall–Kier alpha value is -1.40. The van der Waals surface area contributed by atoms with Crippen LogP contribution in [-0.2, 0) is 11.3 Å². The third-order valence-electron chi connectivity index (χ3n) is 2.94. The fourth-order valence-electron chi connectivity index (χ4n) is 1.92. The number of carbonyl (C=O) groups is 1. The van der Waals surface area contributed by atoms with E-state index in [0.717, 1.165) is 10.4 Å². The van der Waals surface area contributed by atoms with Crippen molar-refractivity contribution in [2.45, 2.75) is 12.7 Å².